The van der Waals surface area contributed by atoms with E-state index in [0.29, 0.717) is 15.7 Å². The van der Waals surface area contributed by atoms with Crippen molar-refractivity contribution < 1.29 is 9.18 Å². The molecule has 0 unspecified atom stereocenters. The zero-order chi connectivity index (χ0) is 9.14. The van der Waals surface area contributed by atoms with Crippen LogP contribution in [0.5, 0.6) is 0 Å². The highest BCUT2D eigenvalue weighted by Crippen LogP contribution is 2.25. The number of aryl methyl sites for hydroxylation is 1. The predicted molar refractivity (Wildman–Crippen MR) is 46.6 cm³/mol. The fourth-order valence-electron chi connectivity index (χ4n) is 0.805. The highest BCUT2D eigenvalue weighted by Gasteiger charge is 2.03. The third-order valence-electron chi connectivity index (χ3n) is 1.40. The van der Waals surface area contributed by atoms with Gasteiger partial charge in [0.25, 0.3) is 0 Å². The van der Waals surface area contributed by atoms with E-state index in [-0.39, 0.29) is 5.82 Å². The number of nitrogens with zero attached hydrogens (tertiary/aromatic N) is 1. The first-order valence-electron chi connectivity index (χ1n) is 3.18. The number of halogens is 2. The Morgan fingerprint density at radius 1 is 1.58 bits per heavy atom. The van der Waals surface area contributed by atoms with Crippen LogP contribution in [0.25, 0.3) is 0 Å². The van der Waals surface area contributed by atoms with E-state index in [2.05, 4.69) is 20.9 Å². The highest BCUT2D eigenvalue weighted by molar-refractivity contribution is 9.10. The average molecular weight is 230 g/mol. The van der Waals surface area contributed by atoms with E-state index in [1.165, 1.54) is 18.2 Å². The van der Waals surface area contributed by atoms with Crippen LogP contribution in [0, 0.1) is 12.7 Å². The molecule has 0 atom stereocenters. The topological polar surface area (TPSA) is 29.4 Å². The maximum Gasteiger partial charge on any atom is 0.240 e. The van der Waals surface area contributed by atoms with E-state index < -0.39 is 0 Å². The molecule has 4 heteroatoms. The van der Waals surface area contributed by atoms with Gasteiger partial charge >= 0.3 is 0 Å². The normalized spacial score (nSPS) is 9.25. The summed E-state index contributed by atoms with van der Waals surface area (Å²) in [5.74, 6) is -0.364. The third kappa shape index (κ3) is 1.78. The van der Waals surface area contributed by atoms with E-state index in [9.17, 15) is 9.18 Å². The van der Waals surface area contributed by atoms with E-state index >= 15 is 0 Å². The zero-order valence-electron chi connectivity index (χ0n) is 6.27. The van der Waals surface area contributed by atoms with Gasteiger partial charge in [-0.2, -0.15) is 4.99 Å². The largest absolute Gasteiger partial charge is 0.240 e. The first-order valence-corrected chi connectivity index (χ1v) is 3.98. The second-order valence-electron chi connectivity index (χ2n) is 2.26. The van der Waals surface area contributed by atoms with Crippen molar-refractivity contribution in [2.75, 3.05) is 0 Å². The number of isocyanates is 1. The molecule has 0 amide bonds. The van der Waals surface area contributed by atoms with Crippen LogP contribution in [0.2, 0.25) is 0 Å². The summed E-state index contributed by atoms with van der Waals surface area (Å²) in [6.07, 6.45) is 1.40. The summed E-state index contributed by atoms with van der Waals surface area (Å²) in [6.45, 7) is 1.67. The molecular formula is C8H5BrFNO. The molecule has 0 saturated heterocycles. The minimum Gasteiger partial charge on any atom is -0.211 e. The fourth-order valence-corrected chi connectivity index (χ4v) is 1.14. The molecule has 0 aliphatic rings. The summed E-state index contributed by atoms with van der Waals surface area (Å²) in [5.41, 5.74) is 1.04. The van der Waals surface area contributed by atoms with Crippen molar-refractivity contribution in [3.05, 3.63) is 28.0 Å². The van der Waals surface area contributed by atoms with Crippen molar-refractivity contribution in [3.8, 4) is 0 Å². The second-order valence-corrected chi connectivity index (χ2v) is 3.11. The number of carbonyl (C=O) groups excluding carboxylic acids is 1. The Bertz CT molecular complexity index is 358. The van der Waals surface area contributed by atoms with Gasteiger partial charge in [0.05, 0.1) is 10.2 Å². The molecule has 1 rings (SSSR count). The van der Waals surface area contributed by atoms with Crippen molar-refractivity contribution >= 4 is 27.7 Å². The Balaban J connectivity index is 3.32. The molecular weight excluding hydrogens is 225 g/mol. The monoisotopic (exact) mass is 229 g/mol. The van der Waals surface area contributed by atoms with Gasteiger partial charge in [-0.1, -0.05) is 0 Å². The second kappa shape index (κ2) is 3.61. The lowest BCUT2D eigenvalue weighted by molar-refractivity contribution is 0.565. The molecule has 0 aromatic heterocycles. The van der Waals surface area contributed by atoms with Crippen LogP contribution >= 0.6 is 15.9 Å². The minimum atomic E-state index is -0.364. The lowest BCUT2D eigenvalue weighted by Gasteiger charge is -1.99. The molecule has 62 valence electrons. The van der Waals surface area contributed by atoms with Gasteiger partial charge in [-0.3, -0.25) is 0 Å². The first-order chi connectivity index (χ1) is 5.65. The van der Waals surface area contributed by atoms with Crippen LogP contribution in [0.3, 0.4) is 0 Å². The first kappa shape index (κ1) is 9.10. The number of rotatable bonds is 1. The SMILES string of the molecule is Cc1cc(F)c(Br)cc1N=C=O. The van der Waals surface area contributed by atoms with Crippen LogP contribution in [-0.2, 0) is 4.79 Å². The molecule has 0 radical (unpaired) electrons. The predicted octanol–water partition coefficient (Wildman–Crippen LogP) is 2.86. The fraction of sp³-hybridized carbons (Fsp3) is 0.125. The molecule has 0 fully saturated rings. The van der Waals surface area contributed by atoms with Crippen molar-refractivity contribution in [1.29, 1.82) is 0 Å². The Labute approximate surface area is 77.3 Å². The van der Waals surface area contributed by atoms with Crippen molar-refractivity contribution in [1.82, 2.24) is 0 Å². The Kier molecular flexibility index (Phi) is 2.74. The average Bonchev–Trinajstić information content (AvgIpc) is 2.01. The molecule has 0 aliphatic heterocycles. The van der Waals surface area contributed by atoms with Crippen LogP contribution in [-0.4, -0.2) is 6.08 Å². The molecule has 1 aromatic rings. The van der Waals surface area contributed by atoms with Crippen molar-refractivity contribution in [3.63, 3.8) is 0 Å². The number of hydrogen-bond donors (Lipinski definition) is 0. The Morgan fingerprint density at radius 2 is 2.25 bits per heavy atom. The standard InChI is InChI=1S/C8H5BrFNO/c1-5-2-7(10)6(9)3-8(5)11-4-12/h2-3H,1H3. The van der Waals surface area contributed by atoms with Crippen LogP contribution < -0.4 is 0 Å². The molecule has 0 aliphatic carbocycles. The maximum absolute atomic E-state index is 12.8. The van der Waals surface area contributed by atoms with Gasteiger partial charge in [-0.15, -0.1) is 0 Å². The number of benzene rings is 1. The van der Waals surface area contributed by atoms with E-state index in [4.69, 9.17) is 0 Å². The van der Waals surface area contributed by atoms with Crippen LogP contribution in [0.15, 0.2) is 21.6 Å². The van der Waals surface area contributed by atoms with Crippen molar-refractivity contribution in [2.45, 2.75) is 6.92 Å². The summed E-state index contributed by atoms with van der Waals surface area (Å²) < 4.78 is 13.1. The summed E-state index contributed by atoms with van der Waals surface area (Å²) in [5, 5.41) is 0. The van der Waals surface area contributed by atoms with Crippen LogP contribution in [0.1, 0.15) is 5.56 Å². The lowest BCUT2D eigenvalue weighted by Crippen LogP contribution is -1.80. The van der Waals surface area contributed by atoms with Crippen molar-refractivity contribution in [2.24, 2.45) is 4.99 Å². The van der Waals surface area contributed by atoms with Gasteiger partial charge in [-0.25, -0.2) is 9.18 Å². The Morgan fingerprint density at radius 3 is 2.83 bits per heavy atom. The highest BCUT2D eigenvalue weighted by atomic mass is 79.9. The quantitative estimate of drug-likeness (QED) is 0.538. The van der Waals surface area contributed by atoms with E-state index in [1.807, 2.05) is 0 Å². The molecule has 1 aromatic carbocycles. The van der Waals surface area contributed by atoms with Gasteiger partial charge in [0.2, 0.25) is 6.08 Å². The number of hydrogen-bond acceptors (Lipinski definition) is 2. The van der Waals surface area contributed by atoms with Crippen LogP contribution in [0.4, 0.5) is 10.1 Å². The van der Waals surface area contributed by atoms with Gasteiger partial charge in [-0.05, 0) is 40.5 Å². The summed E-state index contributed by atoms with van der Waals surface area (Å²) >= 11 is 2.99. The van der Waals surface area contributed by atoms with E-state index in [0.717, 1.165) is 0 Å². The smallest absolute Gasteiger partial charge is 0.211 e. The molecule has 2 nitrogen and oxygen atoms in total. The minimum absolute atomic E-state index is 0.294. The maximum atomic E-state index is 12.8. The van der Waals surface area contributed by atoms with Gasteiger partial charge in [0.15, 0.2) is 0 Å². The molecule has 0 N–H and O–H groups in total. The summed E-state index contributed by atoms with van der Waals surface area (Å²) in [6, 6.07) is 2.75. The van der Waals surface area contributed by atoms with Gasteiger partial charge in [0.1, 0.15) is 5.82 Å². The number of aliphatic imine (C=N–C) groups is 1. The lowest BCUT2D eigenvalue weighted by atomic mass is 10.2. The van der Waals surface area contributed by atoms with Gasteiger partial charge < -0.3 is 0 Å². The molecule has 0 heterocycles. The zero-order valence-corrected chi connectivity index (χ0v) is 7.85. The molecule has 0 saturated carbocycles. The third-order valence-corrected chi connectivity index (χ3v) is 2.01. The molecule has 0 bridgehead atoms. The van der Waals surface area contributed by atoms with Gasteiger partial charge in [0, 0.05) is 0 Å². The van der Waals surface area contributed by atoms with E-state index in [1.54, 1.807) is 6.92 Å². The summed E-state index contributed by atoms with van der Waals surface area (Å²) in [4.78, 5) is 13.3. The summed E-state index contributed by atoms with van der Waals surface area (Å²) in [7, 11) is 0. The molecule has 0 spiro atoms. The molecule has 12 heavy (non-hydrogen) atoms. The Hall–Kier alpha value is -0.990.